The second-order valence-electron chi connectivity index (χ2n) is 4.06. The highest BCUT2D eigenvalue weighted by Crippen LogP contribution is 2.27. The van der Waals surface area contributed by atoms with Crippen molar-refractivity contribution >= 4 is 10.9 Å². The normalized spacial score (nSPS) is 16.3. The zero-order chi connectivity index (χ0) is 10.3. The summed E-state index contributed by atoms with van der Waals surface area (Å²) in [7, 11) is 0. The van der Waals surface area contributed by atoms with Crippen LogP contribution in [0.3, 0.4) is 0 Å². The summed E-state index contributed by atoms with van der Waals surface area (Å²) in [6.07, 6.45) is 2.09. The molecular weight excluding hydrogens is 188 g/mol. The molecule has 15 heavy (non-hydrogen) atoms. The van der Waals surface area contributed by atoms with E-state index in [1.54, 1.807) is 6.07 Å². The third-order valence-corrected chi connectivity index (χ3v) is 3.08. The van der Waals surface area contributed by atoms with Crippen molar-refractivity contribution in [3.05, 3.63) is 29.5 Å². The topological polar surface area (TPSA) is 48.0 Å². The van der Waals surface area contributed by atoms with Crippen LogP contribution in [0.25, 0.3) is 10.9 Å². The molecule has 3 rings (SSSR count). The number of benzene rings is 1. The lowest BCUT2D eigenvalue weighted by molar-refractivity contribution is 0.476. The van der Waals surface area contributed by atoms with Crippen LogP contribution in [0.5, 0.6) is 5.75 Å². The quantitative estimate of drug-likeness (QED) is 0.607. The molecule has 0 bridgehead atoms. The highest BCUT2D eigenvalue weighted by atomic mass is 16.3. The van der Waals surface area contributed by atoms with Crippen LogP contribution < -0.4 is 5.32 Å². The van der Waals surface area contributed by atoms with Crippen LogP contribution in [0.2, 0.25) is 0 Å². The Balaban J connectivity index is 2.24. The molecule has 0 amide bonds. The molecule has 78 valence electrons. The van der Waals surface area contributed by atoms with E-state index >= 15 is 0 Å². The second-order valence-corrected chi connectivity index (χ2v) is 4.06. The lowest BCUT2D eigenvalue weighted by Crippen LogP contribution is -2.16. The summed E-state index contributed by atoms with van der Waals surface area (Å²) in [6.45, 7) is 2.06. The minimum atomic E-state index is 0.349. The average Bonchev–Trinajstić information content (AvgIpc) is 2.44. The van der Waals surface area contributed by atoms with Gasteiger partial charge in [0.2, 0.25) is 0 Å². The smallest absolute Gasteiger partial charge is 0.116 e. The molecule has 3 N–H and O–H groups in total. The number of fused-ring (bicyclic) bond motifs is 3. The van der Waals surface area contributed by atoms with Crippen molar-refractivity contribution in [2.45, 2.75) is 12.8 Å². The number of aromatic hydroxyl groups is 1. The van der Waals surface area contributed by atoms with Crippen molar-refractivity contribution in [1.82, 2.24) is 10.3 Å². The summed E-state index contributed by atoms with van der Waals surface area (Å²) < 4.78 is 0. The largest absolute Gasteiger partial charge is 0.508 e. The molecule has 0 atom stereocenters. The monoisotopic (exact) mass is 202 g/mol. The fraction of sp³-hybridized carbons (Fsp3) is 0.333. The second kappa shape index (κ2) is 3.28. The highest BCUT2D eigenvalue weighted by molar-refractivity contribution is 5.86. The standard InChI is InChI=1S/C12H14N2O/c15-8-1-2-11-10(7-8)9-3-5-13-6-4-12(9)14-11/h1-2,7,13-15H,3-6H2. The first-order valence-electron chi connectivity index (χ1n) is 5.38. The van der Waals surface area contributed by atoms with E-state index in [9.17, 15) is 5.11 Å². The highest BCUT2D eigenvalue weighted by Gasteiger charge is 2.13. The van der Waals surface area contributed by atoms with Crippen LogP contribution in [0.4, 0.5) is 0 Å². The first kappa shape index (κ1) is 8.80. The number of nitrogens with one attached hydrogen (secondary N) is 2. The number of phenolic OH excluding ortho intramolecular Hbond substituents is 1. The van der Waals surface area contributed by atoms with Crippen molar-refractivity contribution in [2.24, 2.45) is 0 Å². The van der Waals surface area contributed by atoms with E-state index < -0.39 is 0 Å². The fourth-order valence-corrected chi connectivity index (χ4v) is 2.34. The van der Waals surface area contributed by atoms with Gasteiger partial charge in [0, 0.05) is 29.6 Å². The Morgan fingerprint density at radius 2 is 2.00 bits per heavy atom. The molecule has 1 aliphatic heterocycles. The Labute approximate surface area is 88.1 Å². The molecule has 1 aliphatic rings. The number of rotatable bonds is 0. The molecule has 3 nitrogen and oxygen atoms in total. The third-order valence-electron chi connectivity index (χ3n) is 3.08. The Morgan fingerprint density at radius 1 is 1.13 bits per heavy atom. The number of hydrogen-bond acceptors (Lipinski definition) is 2. The van der Waals surface area contributed by atoms with Gasteiger partial charge in [0.15, 0.2) is 0 Å². The summed E-state index contributed by atoms with van der Waals surface area (Å²) in [5.74, 6) is 0.349. The van der Waals surface area contributed by atoms with Crippen molar-refractivity contribution in [3.63, 3.8) is 0 Å². The molecule has 0 spiro atoms. The van der Waals surface area contributed by atoms with Gasteiger partial charge in [0.05, 0.1) is 0 Å². The van der Waals surface area contributed by atoms with Crippen LogP contribution in [-0.2, 0) is 12.8 Å². The zero-order valence-electron chi connectivity index (χ0n) is 8.51. The minimum absolute atomic E-state index is 0.349. The predicted octanol–water partition coefficient (Wildman–Crippen LogP) is 1.56. The van der Waals surface area contributed by atoms with Crippen molar-refractivity contribution in [2.75, 3.05) is 13.1 Å². The van der Waals surface area contributed by atoms with E-state index in [4.69, 9.17) is 0 Å². The van der Waals surface area contributed by atoms with Crippen LogP contribution in [-0.4, -0.2) is 23.2 Å². The summed E-state index contributed by atoms with van der Waals surface area (Å²) >= 11 is 0. The first-order valence-corrected chi connectivity index (χ1v) is 5.38. The van der Waals surface area contributed by atoms with Crippen LogP contribution in [0.1, 0.15) is 11.3 Å². The summed E-state index contributed by atoms with van der Waals surface area (Å²) in [4.78, 5) is 3.43. The molecular formula is C12H14N2O. The van der Waals surface area contributed by atoms with Crippen LogP contribution in [0.15, 0.2) is 18.2 Å². The van der Waals surface area contributed by atoms with E-state index in [2.05, 4.69) is 10.3 Å². The van der Waals surface area contributed by atoms with Crippen molar-refractivity contribution < 1.29 is 5.11 Å². The summed E-state index contributed by atoms with van der Waals surface area (Å²) in [6, 6.07) is 5.54. The zero-order valence-corrected chi connectivity index (χ0v) is 8.51. The number of hydrogen-bond donors (Lipinski definition) is 3. The van der Waals surface area contributed by atoms with Gasteiger partial charge in [-0.15, -0.1) is 0 Å². The van der Waals surface area contributed by atoms with Gasteiger partial charge in [-0.1, -0.05) is 0 Å². The molecule has 2 heterocycles. The molecule has 0 aliphatic carbocycles. The molecule has 1 aromatic heterocycles. The molecule has 0 unspecified atom stereocenters. The van der Waals surface area contributed by atoms with Crippen LogP contribution >= 0.6 is 0 Å². The van der Waals surface area contributed by atoms with Gasteiger partial charge >= 0.3 is 0 Å². The van der Waals surface area contributed by atoms with Gasteiger partial charge in [0.25, 0.3) is 0 Å². The first-order chi connectivity index (χ1) is 7.34. The molecule has 3 heteroatoms. The molecule has 0 fully saturated rings. The van der Waals surface area contributed by atoms with Gasteiger partial charge in [-0.25, -0.2) is 0 Å². The van der Waals surface area contributed by atoms with Gasteiger partial charge in [-0.3, -0.25) is 0 Å². The Hall–Kier alpha value is -1.48. The SMILES string of the molecule is Oc1ccc2[nH]c3c(c2c1)CCNCC3. The third kappa shape index (κ3) is 1.39. The molecule has 2 aromatic rings. The van der Waals surface area contributed by atoms with Gasteiger partial charge in [-0.05, 0) is 36.7 Å². The average molecular weight is 202 g/mol. The number of phenols is 1. The van der Waals surface area contributed by atoms with Gasteiger partial charge in [-0.2, -0.15) is 0 Å². The van der Waals surface area contributed by atoms with E-state index in [0.717, 1.165) is 31.4 Å². The maximum absolute atomic E-state index is 9.49. The Bertz CT molecular complexity index is 502. The maximum atomic E-state index is 9.49. The van der Waals surface area contributed by atoms with Crippen LogP contribution in [0, 0.1) is 0 Å². The lowest BCUT2D eigenvalue weighted by atomic mass is 10.1. The van der Waals surface area contributed by atoms with E-state index in [1.165, 1.54) is 16.6 Å². The van der Waals surface area contributed by atoms with E-state index in [-0.39, 0.29) is 0 Å². The number of aromatic nitrogens is 1. The van der Waals surface area contributed by atoms with E-state index in [1.807, 2.05) is 12.1 Å². The van der Waals surface area contributed by atoms with Crippen molar-refractivity contribution in [3.8, 4) is 5.75 Å². The fourth-order valence-electron chi connectivity index (χ4n) is 2.34. The molecule has 0 saturated heterocycles. The Morgan fingerprint density at radius 3 is 2.93 bits per heavy atom. The molecule has 0 saturated carbocycles. The predicted molar refractivity (Wildman–Crippen MR) is 60.2 cm³/mol. The van der Waals surface area contributed by atoms with Gasteiger partial charge < -0.3 is 15.4 Å². The Kier molecular flexibility index (Phi) is 1.92. The van der Waals surface area contributed by atoms with Crippen molar-refractivity contribution in [1.29, 1.82) is 0 Å². The molecule has 0 radical (unpaired) electrons. The molecule has 1 aromatic carbocycles. The summed E-state index contributed by atoms with van der Waals surface area (Å²) in [5.41, 5.74) is 3.83. The van der Waals surface area contributed by atoms with E-state index in [0.29, 0.717) is 5.75 Å². The number of H-pyrrole nitrogens is 1. The lowest BCUT2D eigenvalue weighted by Gasteiger charge is -1.98. The van der Waals surface area contributed by atoms with Gasteiger partial charge in [0.1, 0.15) is 5.75 Å². The maximum Gasteiger partial charge on any atom is 0.116 e. The minimum Gasteiger partial charge on any atom is -0.508 e. The number of aromatic amines is 1. The summed E-state index contributed by atoms with van der Waals surface area (Å²) in [5, 5.41) is 14.0.